The summed E-state index contributed by atoms with van der Waals surface area (Å²) in [4.78, 5) is 47.7. The number of carbonyl (C=O) groups is 1. The Hall–Kier alpha value is -6.02. The number of carbonyl (C=O) groups excluding carboxylic acids is 1. The number of fused-ring (bicyclic) bond motifs is 1. The maximum Gasteiger partial charge on any atom is 0.228 e. The Morgan fingerprint density at radius 3 is 2.00 bits per heavy atom. The Morgan fingerprint density at radius 1 is 0.764 bits per heavy atom. The standard InChI is InChI=1S/C41H46N10O4/c1-29(52)47-16-18-48(19-17-47)37-24-33(12-14-42-37)51-15-13-36-38(45-41(46-39(36)51)49-20-22-55-23-21-49)32-25-43-40(44-26-32)50(27-30-4-8-34(53-2)9-5-30)28-31-6-10-35(54-3)11-7-31/h4-12,14,24-26H,13,15-23,27-28H2,1-3H3. The third kappa shape index (κ3) is 7.95. The van der Waals surface area contributed by atoms with Gasteiger partial charge in [-0.15, -0.1) is 0 Å². The van der Waals surface area contributed by atoms with E-state index in [2.05, 4.69) is 49.9 Å². The van der Waals surface area contributed by atoms with Crippen LogP contribution in [-0.4, -0.2) is 109 Å². The zero-order valence-electron chi connectivity index (χ0n) is 31.6. The highest BCUT2D eigenvalue weighted by molar-refractivity contribution is 5.77. The molecule has 6 heterocycles. The normalized spacial score (nSPS) is 15.5. The average molecular weight is 743 g/mol. The van der Waals surface area contributed by atoms with Gasteiger partial charge in [0.05, 0.1) is 33.1 Å². The number of pyridine rings is 1. The zero-order valence-corrected chi connectivity index (χ0v) is 31.6. The first-order chi connectivity index (χ1) is 26.9. The van der Waals surface area contributed by atoms with Crippen LogP contribution >= 0.6 is 0 Å². The van der Waals surface area contributed by atoms with E-state index in [4.69, 9.17) is 39.1 Å². The van der Waals surface area contributed by atoms with E-state index < -0.39 is 0 Å². The molecule has 0 spiro atoms. The lowest BCUT2D eigenvalue weighted by atomic mass is 10.1. The lowest BCUT2D eigenvalue weighted by Gasteiger charge is -2.35. The summed E-state index contributed by atoms with van der Waals surface area (Å²) >= 11 is 0. The number of piperazine rings is 1. The monoisotopic (exact) mass is 742 g/mol. The van der Waals surface area contributed by atoms with Crippen molar-refractivity contribution in [2.75, 3.05) is 92.8 Å². The molecule has 3 aliphatic rings. The van der Waals surface area contributed by atoms with Crippen LogP contribution in [0.2, 0.25) is 0 Å². The Bertz CT molecular complexity index is 2040. The van der Waals surface area contributed by atoms with Crippen LogP contribution in [0.4, 0.5) is 29.2 Å². The van der Waals surface area contributed by atoms with Crippen molar-refractivity contribution in [3.8, 4) is 22.8 Å². The number of nitrogens with zero attached hydrogens (tertiary/aromatic N) is 10. The fourth-order valence-corrected chi connectivity index (χ4v) is 7.34. The van der Waals surface area contributed by atoms with Gasteiger partial charge in [0.2, 0.25) is 17.8 Å². The van der Waals surface area contributed by atoms with Crippen molar-refractivity contribution in [1.82, 2.24) is 29.8 Å². The van der Waals surface area contributed by atoms with Gasteiger partial charge in [0.1, 0.15) is 23.1 Å². The fraction of sp³-hybridized carbons (Fsp3) is 0.366. The molecule has 0 unspecified atom stereocenters. The van der Waals surface area contributed by atoms with E-state index >= 15 is 0 Å². The average Bonchev–Trinajstić information content (AvgIpc) is 3.68. The molecule has 284 valence electrons. The summed E-state index contributed by atoms with van der Waals surface area (Å²) in [5.74, 6) is 4.80. The molecule has 14 heteroatoms. The number of benzene rings is 2. The Balaban J connectivity index is 1.11. The van der Waals surface area contributed by atoms with E-state index in [0.29, 0.717) is 64.4 Å². The molecule has 8 rings (SSSR count). The molecule has 0 aliphatic carbocycles. The predicted molar refractivity (Wildman–Crippen MR) is 211 cm³/mol. The number of rotatable bonds is 11. The molecule has 2 fully saturated rings. The second-order valence-corrected chi connectivity index (χ2v) is 13.9. The largest absolute Gasteiger partial charge is 0.497 e. The SMILES string of the molecule is COc1ccc(CN(Cc2ccc(OC)cc2)c2ncc(-c3nc(N4CCOCC4)nc4c3CCN4c3ccnc(N4CCN(C(C)=O)CC4)c3)cn2)cc1. The highest BCUT2D eigenvalue weighted by atomic mass is 16.5. The zero-order chi connectivity index (χ0) is 37.7. The van der Waals surface area contributed by atoms with Crippen molar-refractivity contribution in [2.24, 2.45) is 0 Å². The lowest BCUT2D eigenvalue weighted by molar-refractivity contribution is -0.129. The summed E-state index contributed by atoms with van der Waals surface area (Å²) in [6.07, 6.45) is 6.40. The van der Waals surface area contributed by atoms with Crippen LogP contribution in [0.25, 0.3) is 11.3 Å². The molecule has 2 aromatic carbocycles. The van der Waals surface area contributed by atoms with Crippen molar-refractivity contribution >= 4 is 35.1 Å². The molecule has 0 bridgehead atoms. The lowest BCUT2D eigenvalue weighted by Crippen LogP contribution is -2.48. The Kier molecular flexibility index (Phi) is 10.6. The molecule has 3 aliphatic heterocycles. The number of ether oxygens (including phenoxy) is 3. The smallest absolute Gasteiger partial charge is 0.228 e. The number of morpholine rings is 1. The summed E-state index contributed by atoms with van der Waals surface area (Å²) in [5, 5.41) is 0. The Morgan fingerprint density at radius 2 is 1.40 bits per heavy atom. The third-order valence-electron chi connectivity index (χ3n) is 10.5. The van der Waals surface area contributed by atoms with Crippen molar-refractivity contribution in [3.05, 3.63) is 95.9 Å². The first kappa shape index (κ1) is 36.0. The van der Waals surface area contributed by atoms with E-state index in [1.165, 1.54) is 0 Å². The molecule has 0 radical (unpaired) electrons. The summed E-state index contributed by atoms with van der Waals surface area (Å²) < 4.78 is 16.5. The van der Waals surface area contributed by atoms with Crippen molar-refractivity contribution < 1.29 is 19.0 Å². The molecule has 3 aromatic heterocycles. The van der Waals surface area contributed by atoms with Gasteiger partial charge in [-0.2, -0.15) is 4.98 Å². The number of methoxy groups -OCH3 is 2. The molecule has 5 aromatic rings. The molecule has 1 amide bonds. The van der Waals surface area contributed by atoms with Crippen molar-refractivity contribution in [1.29, 1.82) is 0 Å². The number of anilines is 5. The minimum absolute atomic E-state index is 0.112. The van der Waals surface area contributed by atoms with Gasteiger partial charge in [-0.3, -0.25) is 4.79 Å². The van der Waals surface area contributed by atoms with E-state index in [1.807, 2.05) is 53.8 Å². The highest BCUT2D eigenvalue weighted by Gasteiger charge is 2.30. The summed E-state index contributed by atoms with van der Waals surface area (Å²) in [6, 6.07) is 20.3. The van der Waals surface area contributed by atoms with Crippen molar-refractivity contribution in [2.45, 2.75) is 26.4 Å². The van der Waals surface area contributed by atoms with E-state index in [1.54, 1.807) is 21.1 Å². The van der Waals surface area contributed by atoms with Gasteiger partial charge in [0.15, 0.2) is 0 Å². The van der Waals surface area contributed by atoms with Gasteiger partial charge in [0.25, 0.3) is 0 Å². The summed E-state index contributed by atoms with van der Waals surface area (Å²) in [7, 11) is 3.34. The summed E-state index contributed by atoms with van der Waals surface area (Å²) in [5.41, 5.74) is 6.00. The van der Waals surface area contributed by atoms with Crippen LogP contribution in [0.3, 0.4) is 0 Å². The molecule has 0 saturated carbocycles. The molecule has 55 heavy (non-hydrogen) atoms. The van der Waals surface area contributed by atoms with Gasteiger partial charge in [-0.05, 0) is 47.9 Å². The number of hydrogen-bond donors (Lipinski definition) is 0. The maximum absolute atomic E-state index is 11.9. The van der Waals surface area contributed by atoms with Crippen molar-refractivity contribution in [3.63, 3.8) is 0 Å². The van der Waals surface area contributed by atoms with Crippen LogP contribution in [0.1, 0.15) is 23.6 Å². The van der Waals surface area contributed by atoms with Gasteiger partial charge < -0.3 is 38.7 Å². The van der Waals surface area contributed by atoms with Crippen LogP contribution in [0.15, 0.2) is 79.3 Å². The first-order valence-electron chi connectivity index (χ1n) is 18.8. The number of hydrogen-bond acceptors (Lipinski definition) is 13. The molecule has 0 N–H and O–H groups in total. The fourth-order valence-electron chi connectivity index (χ4n) is 7.34. The predicted octanol–water partition coefficient (Wildman–Crippen LogP) is 4.75. The van der Waals surface area contributed by atoms with Gasteiger partial charge >= 0.3 is 0 Å². The maximum atomic E-state index is 11.9. The highest BCUT2D eigenvalue weighted by Crippen LogP contribution is 2.40. The topological polar surface area (TPSA) is 125 Å². The minimum Gasteiger partial charge on any atom is -0.497 e. The molecule has 0 atom stereocenters. The number of amides is 1. The molecule has 2 saturated heterocycles. The van der Waals surface area contributed by atoms with Crippen LogP contribution in [-0.2, 0) is 29.0 Å². The number of aromatic nitrogens is 5. The van der Waals surface area contributed by atoms with E-state index in [-0.39, 0.29) is 5.91 Å². The van der Waals surface area contributed by atoms with Crippen LogP contribution in [0.5, 0.6) is 11.5 Å². The van der Waals surface area contributed by atoms with Crippen LogP contribution in [0, 0.1) is 0 Å². The second kappa shape index (κ2) is 16.1. The molecular formula is C41H46N10O4. The third-order valence-corrected chi connectivity index (χ3v) is 10.5. The molecule has 14 nitrogen and oxygen atoms in total. The van der Waals surface area contributed by atoms with E-state index in [0.717, 1.165) is 82.8 Å². The first-order valence-corrected chi connectivity index (χ1v) is 18.8. The molecular weight excluding hydrogens is 697 g/mol. The Labute approximate surface area is 321 Å². The van der Waals surface area contributed by atoms with Gasteiger partial charge in [0, 0.05) is 107 Å². The minimum atomic E-state index is 0.112. The van der Waals surface area contributed by atoms with Crippen LogP contribution < -0.4 is 29.1 Å². The van der Waals surface area contributed by atoms with Gasteiger partial charge in [-0.25, -0.2) is 19.9 Å². The van der Waals surface area contributed by atoms with Gasteiger partial charge in [-0.1, -0.05) is 24.3 Å². The second-order valence-electron chi connectivity index (χ2n) is 13.9. The van der Waals surface area contributed by atoms with E-state index in [9.17, 15) is 4.79 Å². The summed E-state index contributed by atoms with van der Waals surface area (Å²) in [6.45, 7) is 9.14. The quantitative estimate of drug-likeness (QED) is 0.185.